The van der Waals surface area contributed by atoms with Crippen LogP contribution in [-0.4, -0.2) is 43.7 Å². The van der Waals surface area contributed by atoms with E-state index in [1.165, 1.54) is 0 Å². The summed E-state index contributed by atoms with van der Waals surface area (Å²) in [6.07, 6.45) is 3.56. The molecule has 0 saturated heterocycles. The van der Waals surface area contributed by atoms with Crippen LogP contribution in [-0.2, 0) is 17.8 Å². The van der Waals surface area contributed by atoms with Crippen molar-refractivity contribution in [3.05, 3.63) is 82.5 Å². The predicted molar refractivity (Wildman–Crippen MR) is 134 cm³/mol. The number of anilines is 3. The number of H-pyrrole nitrogens is 1. The van der Waals surface area contributed by atoms with Crippen molar-refractivity contribution in [1.82, 2.24) is 24.8 Å². The number of fused-ring (bicyclic) bond motifs is 3. The molecule has 5 rings (SSSR count). The van der Waals surface area contributed by atoms with Gasteiger partial charge in [0, 0.05) is 52.5 Å². The van der Waals surface area contributed by atoms with Gasteiger partial charge < -0.3 is 20.5 Å². The van der Waals surface area contributed by atoms with Crippen LogP contribution < -0.4 is 10.6 Å². The Balaban J connectivity index is 1.34. The number of aromatic amines is 1. The number of benzene rings is 2. The molecule has 0 saturated carbocycles. The van der Waals surface area contributed by atoms with Crippen molar-refractivity contribution in [3.8, 4) is 11.3 Å². The molecule has 0 atom stereocenters. The van der Waals surface area contributed by atoms with E-state index in [0.717, 1.165) is 28.3 Å². The minimum atomic E-state index is -0.149. The van der Waals surface area contributed by atoms with E-state index in [9.17, 15) is 9.59 Å². The highest BCUT2D eigenvalue weighted by molar-refractivity contribution is 6.31. The molecule has 1 aliphatic heterocycles. The number of hydrogen-bond acceptors (Lipinski definition) is 6. The van der Waals surface area contributed by atoms with Crippen LogP contribution in [0.25, 0.3) is 11.3 Å². The third-order valence-corrected chi connectivity index (χ3v) is 5.84. The first-order chi connectivity index (χ1) is 16.9. The summed E-state index contributed by atoms with van der Waals surface area (Å²) >= 11 is 6.11. The Kier molecular flexibility index (Phi) is 5.92. The summed E-state index contributed by atoms with van der Waals surface area (Å²) in [5.41, 5.74) is 5.01. The van der Waals surface area contributed by atoms with Gasteiger partial charge in [0.05, 0.1) is 24.3 Å². The molecule has 0 aliphatic carbocycles. The van der Waals surface area contributed by atoms with Gasteiger partial charge in [0.1, 0.15) is 5.82 Å². The van der Waals surface area contributed by atoms with Gasteiger partial charge in [0.2, 0.25) is 11.9 Å². The molecule has 3 heterocycles. The van der Waals surface area contributed by atoms with E-state index in [1.807, 2.05) is 13.0 Å². The van der Waals surface area contributed by atoms with Crippen LogP contribution in [0, 0.1) is 6.92 Å². The van der Waals surface area contributed by atoms with E-state index in [1.54, 1.807) is 60.7 Å². The summed E-state index contributed by atoms with van der Waals surface area (Å²) in [5.74, 6) is 0.851. The van der Waals surface area contributed by atoms with Crippen LogP contribution in [0.15, 0.2) is 54.9 Å². The molecule has 2 aromatic heterocycles. The smallest absolute Gasteiger partial charge is 0.254 e. The fourth-order valence-corrected chi connectivity index (χ4v) is 4.08. The van der Waals surface area contributed by atoms with Crippen LogP contribution in [0.4, 0.5) is 17.3 Å². The lowest BCUT2D eigenvalue weighted by molar-refractivity contribution is -0.115. The molecule has 0 bridgehead atoms. The summed E-state index contributed by atoms with van der Waals surface area (Å²) in [7, 11) is 1.74. The second-order valence-electron chi connectivity index (χ2n) is 8.36. The highest BCUT2D eigenvalue weighted by Crippen LogP contribution is 2.34. The lowest BCUT2D eigenvalue weighted by Crippen LogP contribution is -2.26. The second-order valence-corrected chi connectivity index (χ2v) is 8.80. The first kappa shape index (κ1) is 22.5. The summed E-state index contributed by atoms with van der Waals surface area (Å²) in [6, 6.07) is 12.4. The van der Waals surface area contributed by atoms with Gasteiger partial charge in [-0.2, -0.15) is 0 Å². The molecule has 2 amide bonds. The molecule has 35 heavy (non-hydrogen) atoms. The maximum Gasteiger partial charge on any atom is 0.254 e. The van der Waals surface area contributed by atoms with Crippen LogP contribution in [0.3, 0.4) is 0 Å². The Hall–Kier alpha value is -4.24. The number of halogens is 1. The number of nitrogens with one attached hydrogen (secondary N) is 3. The summed E-state index contributed by atoms with van der Waals surface area (Å²) < 4.78 is 0. The molecule has 0 radical (unpaired) electrons. The third-order valence-electron chi connectivity index (χ3n) is 5.60. The molecule has 176 valence electrons. The average Bonchev–Trinajstić information content (AvgIpc) is 3.18. The molecule has 2 aromatic carbocycles. The van der Waals surface area contributed by atoms with E-state index >= 15 is 0 Å². The minimum absolute atomic E-state index is 0.112. The first-order valence-electron chi connectivity index (χ1n) is 10.9. The third kappa shape index (κ3) is 4.85. The summed E-state index contributed by atoms with van der Waals surface area (Å²) in [4.78, 5) is 43.1. The Morgan fingerprint density at radius 2 is 1.94 bits per heavy atom. The fourth-order valence-electron chi connectivity index (χ4n) is 3.91. The molecule has 10 heteroatoms. The number of amides is 2. The van der Waals surface area contributed by atoms with Crippen LogP contribution in [0.2, 0.25) is 5.02 Å². The zero-order valence-corrected chi connectivity index (χ0v) is 19.8. The Labute approximate surface area is 206 Å². The molecule has 0 spiro atoms. The fraction of sp³-hybridized carbons (Fsp3) is 0.160. The normalized spacial score (nSPS) is 12.3. The second kappa shape index (κ2) is 9.19. The number of aromatic nitrogens is 4. The molecular weight excluding hydrogens is 466 g/mol. The van der Waals surface area contributed by atoms with Gasteiger partial charge >= 0.3 is 0 Å². The maximum absolute atomic E-state index is 12.8. The average molecular weight is 488 g/mol. The van der Waals surface area contributed by atoms with Gasteiger partial charge in [-0.3, -0.25) is 9.59 Å². The predicted octanol–water partition coefficient (Wildman–Crippen LogP) is 4.34. The van der Waals surface area contributed by atoms with E-state index in [4.69, 9.17) is 11.6 Å². The van der Waals surface area contributed by atoms with Gasteiger partial charge in [-0.15, -0.1) is 0 Å². The zero-order valence-electron chi connectivity index (χ0n) is 19.1. The first-order valence-corrected chi connectivity index (χ1v) is 11.3. The van der Waals surface area contributed by atoms with E-state index in [0.29, 0.717) is 34.5 Å². The largest absolute Gasteiger partial charge is 0.345 e. The van der Waals surface area contributed by atoms with Gasteiger partial charge in [0.15, 0.2) is 0 Å². The molecule has 9 nitrogen and oxygen atoms in total. The van der Waals surface area contributed by atoms with Crippen molar-refractivity contribution < 1.29 is 9.59 Å². The number of rotatable bonds is 5. The highest BCUT2D eigenvalue weighted by atomic mass is 35.5. The monoisotopic (exact) mass is 487 g/mol. The molecule has 1 aliphatic rings. The van der Waals surface area contributed by atoms with E-state index in [2.05, 4.69) is 30.6 Å². The van der Waals surface area contributed by atoms with Crippen LogP contribution >= 0.6 is 11.6 Å². The standard InChI is InChI=1S/C25H22ClN7O2/c1-14-11-27-21(29-14)13-33(2)24(35)15-3-6-18(7-4-15)30-25-28-12-16-9-22(34)31-20-10-17(26)5-8-19(20)23(16)32-25/h3-8,10-12H,9,13H2,1-2H3,(H,27,29)(H,31,34)(H,28,30,32). The van der Waals surface area contributed by atoms with Crippen molar-refractivity contribution in [2.24, 2.45) is 0 Å². The van der Waals surface area contributed by atoms with E-state index < -0.39 is 0 Å². The summed E-state index contributed by atoms with van der Waals surface area (Å²) in [5, 5.41) is 6.57. The molecule has 4 aromatic rings. The number of hydrogen-bond donors (Lipinski definition) is 3. The Morgan fingerprint density at radius 3 is 2.69 bits per heavy atom. The van der Waals surface area contributed by atoms with E-state index in [-0.39, 0.29) is 18.2 Å². The topological polar surface area (TPSA) is 116 Å². The maximum atomic E-state index is 12.8. The van der Waals surface area contributed by atoms with Crippen LogP contribution in [0.5, 0.6) is 0 Å². The van der Waals surface area contributed by atoms with Gasteiger partial charge in [-0.25, -0.2) is 15.0 Å². The lowest BCUT2D eigenvalue weighted by Gasteiger charge is -2.16. The highest BCUT2D eigenvalue weighted by Gasteiger charge is 2.21. The SMILES string of the molecule is Cc1cnc(CN(C)C(=O)c2ccc(Nc3ncc4c(n3)-c3ccc(Cl)cc3NC(=O)C4)cc2)[nH]1. The lowest BCUT2D eigenvalue weighted by atomic mass is 10.1. The number of aryl methyl sites for hydroxylation is 1. The molecular formula is C25H22ClN7O2. The molecule has 3 N–H and O–H groups in total. The minimum Gasteiger partial charge on any atom is -0.345 e. The molecule has 0 fully saturated rings. The Bertz CT molecular complexity index is 1430. The van der Waals surface area contributed by atoms with Gasteiger partial charge in [-0.1, -0.05) is 11.6 Å². The van der Waals surface area contributed by atoms with Crippen molar-refractivity contribution >= 4 is 40.7 Å². The Morgan fingerprint density at radius 1 is 1.14 bits per heavy atom. The zero-order chi connectivity index (χ0) is 24.5. The quantitative estimate of drug-likeness (QED) is 0.385. The number of carbonyl (C=O) groups excluding carboxylic acids is 2. The number of imidazole rings is 1. The van der Waals surface area contributed by atoms with Gasteiger partial charge in [-0.05, 0) is 49.4 Å². The number of carbonyl (C=O) groups is 2. The summed E-state index contributed by atoms with van der Waals surface area (Å²) in [6.45, 7) is 2.31. The van der Waals surface area contributed by atoms with Crippen molar-refractivity contribution in [1.29, 1.82) is 0 Å². The molecule has 0 unspecified atom stereocenters. The van der Waals surface area contributed by atoms with Crippen molar-refractivity contribution in [2.45, 2.75) is 19.9 Å². The van der Waals surface area contributed by atoms with Crippen molar-refractivity contribution in [3.63, 3.8) is 0 Å². The van der Waals surface area contributed by atoms with Gasteiger partial charge in [0.25, 0.3) is 5.91 Å². The van der Waals surface area contributed by atoms with Crippen molar-refractivity contribution in [2.75, 3.05) is 17.7 Å². The van der Waals surface area contributed by atoms with Crippen LogP contribution in [0.1, 0.15) is 27.4 Å². The number of nitrogens with zero attached hydrogens (tertiary/aromatic N) is 4.